The van der Waals surface area contributed by atoms with E-state index in [1.54, 1.807) is 0 Å². The quantitative estimate of drug-likeness (QED) is 0.209. The van der Waals surface area contributed by atoms with Crippen molar-refractivity contribution in [1.29, 1.82) is 0 Å². The Bertz CT molecular complexity index is 374. The fourth-order valence-corrected chi connectivity index (χ4v) is 1.30. The molecule has 0 saturated heterocycles. The molecule has 0 aliphatic rings. The summed E-state index contributed by atoms with van der Waals surface area (Å²) < 4.78 is 0. The monoisotopic (exact) mass is 292 g/mol. The van der Waals surface area contributed by atoms with Crippen molar-refractivity contribution in [1.82, 2.24) is 10.4 Å². The van der Waals surface area contributed by atoms with E-state index in [2.05, 4.69) is 12.0 Å². The minimum atomic E-state index is -2.18. The fraction of sp³-hybridized carbons (Fsp3) is 0.636. The van der Waals surface area contributed by atoms with E-state index in [-0.39, 0.29) is 5.57 Å². The lowest BCUT2D eigenvalue weighted by Gasteiger charge is -2.28. The van der Waals surface area contributed by atoms with Crippen LogP contribution in [0.2, 0.25) is 0 Å². The number of hydrogen-bond acceptors (Lipinski definition) is 8. The summed E-state index contributed by atoms with van der Waals surface area (Å²) in [6, 6.07) is 0. The maximum Gasteiger partial charge on any atom is 0.275 e. The lowest BCUT2D eigenvalue weighted by molar-refractivity contribution is -0.165. The molecule has 0 unspecified atom stereocenters. The van der Waals surface area contributed by atoms with Gasteiger partial charge in [0.15, 0.2) is 6.10 Å². The van der Waals surface area contributed by atoms with Crippen molar-refractivity contribution < 1.29 is 35.1 Å². The first-order chi connectivity index (χ1) is 9.18. The van der Waals surface area contributed by atoms with Crippen LogP contribution in [0.3, 0.4) is 0 Å². The van der Waals surface area contributed by atoms with Crippen LogP contribution in [-0.4, -0.2) is 80.4 Å². The highest BCUT2D eigenvalue weighted by molar-refractivity contribution is 6.04. The highest BCUT2D eigenvalue weighted by Gasteiger charge is 2.37. The van der Waals surface area contributed by atoms with Gasteiger partial charge in [0.25, 0.3) is 11.8 Å². The zero-order valence-electron chi connectivity index (χ0n) is 11.2. The smallest absolute Gasteiger partial charge is 0.275 e. The van der Waals surface area contributed by atoms with Gasteiger partial charge in [-0.2, -0.15) is 0 Å². The van der Waals surface area contributed by atoms with Crippen LogP contribution in [0.25, 0.3) is 0 Å². The number of imide groups is 1. The second kappa shape index (κ2) is 8.04. The van der Waals surface area contributed by atoms with Crippen molar-refractivity contribution in [2.75, 3.05) is 13.7 Å². The van der Waals surface area contributed by atoms with Crippen LogP contribution in [0, 0.1) is 0 Å². The second-order valence-corrected chi connectivity index (χ2v) is 4.16. The molecule has 0 heterocycles. The Hall–Kier alpha value is -1.36. The molecule has 2 amide bonds. The normalized spacial score (nSPS) is 16.9. The minimum Gasteiger partial charge on any atom is -0.394 e. The number of aliphatic hydroxyl groups is 5. The molecule has 116 valence electrons. The molecular formula is C11H20N2O7. The molecule has 0 aromatic rings. The third-order valence-electron chi connectivity index (χ3n) is 2.52. The third kappa shape index (κ3) is 4.34. The van der Waals surface area contributed by atoms with E-state index < -0.39 is 42.8 Å². The van der Waals surface area contributed by atoms with Crippen LogP contribution in [0.4, 0.5) is 0 Å². The number of hydrogen-bond donors (Lipinski definition) is 6. The molecule has 0 radical (unpaired) electrons. The van der Waals surface area contributed by atoms with Gasteiger partial charge in [-0.15, -0.1) is 0 Å². The number of nitrogens with one attached hydrogen (secondary N) is 1. The van der Waals surface area contributed by atoms with E-state index in [1.165, 1.54) is 14.0 Å². The summed E-state index contributed by atoms with van der Waals surface area (Å²) in [5, 5.41) is 46.7. The fourth-order valence-electron chi connectivity index (χ4n) is 1.30. The van der Waals surface area contributed by atoms with Gasteiger partial charge in [0.05, 0.1) is 6.61 Å². The predicted molar refractivity (Wildman–Crippen MR) is 66.8 cm³/mol. The van der Waals surface area contributed by atoms with Crippen LogP contribution in [0.5, 0.6) is 0 Å². The summed E-state index contributed by atoms with van der Waals surface area (Å²) in [6.07, 6.45) is -7.97. The van der Waals surface area contributed by atoms with E-state index in [9.17, 15) is 24.9 Å². The molecule has 0 aliphatic heterocycles. The summed E-state index contributed by atoms with van der Waals surface area (Å²) >= 11 is 0. The molecule has 9 heteroatoms. The minimum absolute atomic E-state index is 0.00494. The summed E-state index contributed by atoms with van der Waals surface area (Å²) in [5.74, 6) is -2.07. The average Bonchev–Trinajstić information content (AvgIpc) is 2.44. The van der Waals surface area contributed by atoms with E-state index >= 15 is 0 Å². The molecule has 6 N–H and O–H groups in total. The van der Waals surface area contributed by atoms with Crippen molar-refractivity contribution in [3.63, 3.8) is 0 Å². The number of carbonyl (C=O) groups excluding carboxylic acids is 2. The van der Waals surface area contributed by atoms with Crippen molar-refractivity contribution in [3.05, 3.63) is 12.2 Å². The Morgan fingerprint density at radius 2 is 1.70 bits per heavy atom. The molecule has 0 bridgehead atoms. The number of aliphatic hydroxyl groups excluding tert-OH is 5. The van der Waals surface area contributed by atoms with Gasteiger partial charge in [-0.25, -0.2) is 10.4 Å². The first-order valence-corrected chi connectivity index (χ1v) is 5.73. The standard InChI is InChI=1S/C11H20N2O7/c1-5(2)10(19)13(12-3)11(20)9(18)8(17)7(16)6(15)4-14/h6-9,12,14-18H,1,4H2,2-3H3/t6-,7-,8+,9-/m1/s1. The predicted octanol–water partition coefficient (Wildman–Crippen LogP) is -3.51. The Labute approximate surface area is 115 Å². The molecular weight excluding hydrogens is 272 g/mol. The molecule has 20 heavy (non-hydrogen) atoms. The number of hydrazine groups is 1. The molecule has 0 spiro atoms. The van der Waals surface area contributed by atoms with Crippen molar-refractivity contribution >= 4 is 11.8 Å². The maximum absolute atomic E-state index is 11.8. The maximum atomic E-state index is 11.8. The largest absolute Gasteiger partial charge is 0.394 e. The third-order valence-corrected chi connectivity index (χ3v) is 2.52. The number of nitrogens with zero attached hydrogens (tertiary/aromatic N) is 1. The summed E-state index contributed by atoms with van der Waals surface area (Å²) in [7, 11) is 1.23. The molecule has 0 saturated carbocycles. The number of carbonyl (C=O) groups is 2. The van der Waals surface area contributed by atoms with E-state index in [4.69, 9.17) is 10.2 Å². The molecule has 0 rings (SSSR count). The molecule has 0 aromatic heterocycles. The molecule has 4 atom stereocenters. The lowest BCUT2D eigenvalue weighted by Crippen LogP contribution is -2.56. The van der Waals surface area contributed by atoms with Crippen molar-refractivity contribution in [2.24, 2.45) is 0 Å². The second-order valence-electron chi connectivity index (χ2n) is 4.16. The topological polar surface area (TPSA) is 151 Å². The Balaban J connectivity index is 4.99. The van der Waals surface area contributed by atoms with Gasteiger partial charge in [-0.3, -0.25) is 9.59 Å². The summed E-state index contributed by atoms with van der Waals surface area (Å²) in [6.45, 7) is 3.80. The molecule has 9 nitrogen and oxygen atoms in total. The van der Waals surface area contributed by atoms with E-state index in [1.807, 2.05) is 0 Å². The van der Waals surface area contributed by atoms with Crippen LogP contribution >= 0.6 is 0 Å². The molecule has 0 aliphatic carbocycles. The van der Waals surface area contributed by atoms with Crippen LogP contribution in [0.15, 0.2) is 12.2 Å². The summed E-state index contributed by atoms with van der Waals surface area (Å²) in [4.78, 5) is 23.4. The zero-order valence-corrected chi connectivity index (χ0v) is 11.2. The Kier molecular flexibility index (Phi) is 7.50. The van der Waals surface area contributed by atoms with E-state index in [0.717, 1.165) is 0 Å². The van der Waals surface area contributed by atoms with Gasteiger partial charge in [-0.05, 0) is 6.92 Å². The lowest BCUT2D eigenvalue weighted by atomic mass is 10.0. The first-order valence-electron chi connectivity index (χ1n) is 5.73. The van der Waals surface area contributed by atoms with Gasteiger partial charge >= 0.3 is 0 Å². The van der Waals surface area contributed by atoms with Crippen molar-refractivity contribution in [2.45, 2.75) is 31.3 Å². The van der Waals surface area contributed by atoms with Crippen LogP contribution < -0.4 is 5.43 Å². The van der Waals surface area contributed by atoms with E-state index in [0.29, 0.717) is 5.01 Å². The summed E-state index contributed by atoms with van der Waals surface area (Å²) in [5.41, 5.74) is 2.21. The number of rotatable bonds is 7. The van der Waals surface area contributed by atoms with Crippen LogP contribution in [-0.2, 0) is 9.59 Å². The van der Waals surface area contributed by atoms with Gasteiger partial charge < -0.3 is 25.5 Å². The van der Waals surface area contributed by atoms with Crippen LogP contribution in [0.1, 0.15) is 6.92 Å². The van der Waals surface area contributed by atoms with Gasteiger partial charge in [0.2, 0.25) is 0 Å². The van der Waals surface area contributed by atoms with Crippen molar-refractivity contribution in [3.8, 4) is 0 Å². The molecule has 0 fully saturated rings. The average molecular weight is 292 g/mol. The van der Waals surface area contributed by atoms with Gasteiger partial charge in [0, 0.05) is 12.6 Å². The highest BCUT2D eigenvalue weighted by atomic mass is 16.4. The van der Waals surface area contributed by atoms with Gasteiger partial charge in [-0.1, -0.05) is 6.58 Å². The zero-order chi connectivity index (χ0) is 16.0. The van der Waals surface area contributed by atoms with Gasteiger partial charge in [0.1, 0.15) is 18.3 Å². The Morgan fingerprint density at radius 3 is 2.05 bits per heavy atom. The SMILES string of the molecule is C=C(C)C(=O)N(NC)C(=O)[C@H](O)[C@@H](O)[C@H](O)[C@H](O)CO. The highest BCUT2D eigenvalue weighted by Crippen LogP contribution is 2.08. The Morgan fingerprint density at radius 1 is 1.20 bits per heavy atom. The molecule has 0 aromatic carbocycles. The first kappa shape index (κ1) is 18.6. The number of amides is 2.